The van der Waals surface area contributed by atoms with E-state index in [1.807, 2.05) is 6.92 Å². The van der Waals surface area contributed by atoms with Crippen molar-refractivity contribution in [3.8, 4) is 0 Å². The number of hydrogen-bond donors (Lipinski definition) is 2. The molecule has 8 heteroatoms. The lowest BCUT2D eigenvalue weighted by molar-refractivity contribution is -0.112. The van der Waals surface area contributed by atoms with Gasteiger partial charge in [0.1, 0.15) is 5.82 Å². The summed E-state index contributed by atoms with van der Waals surface area (Å²) in [6.45, 7) is 1.81. The molecule has 7 nitrogen and oxygen atoms in total. The van der Waals surface area contributed by atoms with Crippen LogP contribution in [0.4, 0.5) is 11.5 Å². The summed E-state index contributed by atoms with van der Waals surface area (Å²) in [5.41, 5.74) is 1.44. The van der Waals surface area contributed by atoms with Crippen LogP contribution in [0, 0.1) is 6.92 Å². The third kappa shape index (κ3) is 2.50. The zero-order valence-electron chi connectivity index (χ0n) is 13.0. The van der Waals surface area contributed by atoms with Crippen LogP contribution in [0.2, 0.25) is 0 Å². The number of fused-ring (bicyclic) bond motifs is 1. The predicted octanol–water partition coefficient (Wildman–Crippen LogP) is 2.03. The zero-order chi connectivity index (χ0) is 17.5. The molecule has 1 amide bonds. The molecule has 0 unspecified atom stereocenters. The van der Waals surface area contributed by atoms with E-state index in [1.54, 1.807) is 36.4 Å². The first-order chi connectivity index (χ1) is 11.3. The molecule has 0 saturated heterocycles. The number of benzene rings is 1. The molecule has 1 aliphatic heterocycles. The van der Waals surface area contributed by atoms with E-state index in [-0.39, 0.29) is 11.4 Å². The molecule has 124 valence electrons. The molecule has 1 aromatic carbocycles. The normalized spacial score (nSPS) is 15.8. The summed E-state index contributed by atoms with van der Waals surface area (Å²) < 4.78 is 26.2. The maximum Gasteiger partial charge on any atom is 0.274 e. The van der Waals surface area contributed by atoms with Gasteiger partial charge in [0.05, 0.1) is 5.69 Å². The van der Waals surface area contributed by atoms with Gasteiger partial charge in [0.15, 0.2) is 10.7 Å². The number of pyridine rings is 1. The average Bonchev–Trinajstić information content (AvgIpc) is 2.53. The van der Waals surface area contributed by atoms with Crippen LogP contribution in [0.25, 0.3) is 5.76 Å². The molecule has 1 aromatic heterocycles. The van der Waals surface area contributed by atoms with Crippen LogP contribution in [-0.2, 0) is 14.8 Å². The molecule has 2 heterocycles. The second-order valence-electron chi connectivity index (χ2n) is 5.34. The fourth-order valence-corrected chi connectivity index (χ4v) is 3.79. The Kier molecular flexibility index (Phi) is 3.76. The van der Waals surface area contributed by atoms with E-state index in [0.29, 0.717) is 5.69 Å². The smallest absolute Gasteiger partial charge is 0.274 e. The molecule has 24 heavy (non-hydrogen) atoms. The second kappa shape index (κ2) is 5.64. The Labute approximate surface area is 139 Å². The monoisotopic (exact) mass is 345 g/mol. The summed E-state index contributed by atoms with van der Waals surface area (Å²) in [6, 6.07) is 9.75. The summed E-state index contributed by atoms with van der Waals surface area (Å²) >= 11 is 0. The topological polar surface area (TPSA) is 99.6 Å². The van der Waals surface area contributed by atoms with Gasteiger partial charge in [0.25, 0.3) is 15.9 Å². The molecule has 0 bridgehead atoms. The molecule has 2 aromatic rings. The lowest BCUT2D eigenvalue weighted by Crippen LogP contribution is -2.37. The summed E-state index contributed by atoms with van der Waals surface area (Å²) in [7, 11) is -2.84. The third-order valence-electron chi connectivity index (χ3n) is 3.70. The largest absolute Gasteiger partial charge is 0.506 e. The Balaban J connectivity index is 2.09. The molecule has 1 aliphatic rings. The van der Waals surface area contributed by atoms with Crippen molar-refractivity contribution < 1.29 is 18.3 Å². The average molecular weight is 345 g/mol. The number of hydrogen-bond acceptors (Lipinski definition) is 5. The summed E-state index contributed by atoms with van der Waals surface area (Å²) in [6.07, 6.45) is 1.50. The number of aliphatic hydroxyl groups is 1. The number of nitrogens with zero attached hydrogens (tertiary/aromatic N) is 2. The highest BCUT2D eigenvalue weighted by Gasteiger charge is 2.39. The van der Waals surface area contributed by atoms with Gasteiger partial charge in [0.2, 0.25) is 0 Å². The van der Waals surface area contributed by atoms with Crippen molar-refractivity contribution in [2.24, 2.45) is 0 Å². The van der Waals surface area contributed by atoms with Crippen LogP contribution in [-0.4, -0.2) is 31.5 Å². The summed E-state index contributed by atoms with van der Waals surface area (Å²) in [5, 5.41) is 12.8. The van der Waals surface area contributed by atoms with E-state index in [4.69, 9.17) is 0 Å². The number of para-hydroxylation sites is 1. The lowest BCUT2D eigenvalue weighted by Gasteiger charge is -2.28. The van der Waals surface area contributed by atoms with Crippen LogP contribution in [0.3, 0.4) is 0 Å². The number of carbonyl (C=O) groups is 1. The van der Waals surface area contributed by atoms with Crippen molar-refractivity contribution in [2.75, 3.05) is 16.7 Å². The number of anilines is 2. The first-order valence-corrected chi connectivity index (χ1v) is 8.52. The standard InChI is InChI=1S/C16H15N3O4S/c1-10-7-8-17-13(9-10)18-16(21)15-14(20)11-5-3-4-6-12(11)19(2)24(15,22)23/h3-9,20H,1-2H3,(H,17,18,21). The first kappa shape index (κ1) is 16.0. The SMILES string of the molecule is Cc1ccnc(NC(=O)C2=C(O)c3ccccc3N(C)S2(=O)=O)c1. The van der Waals surface area contributed by atoms with Crippen molar-refractivity contribution in [3.05, 3.63) is 58.6 Å². The maximum atomic E-state index is 12.6. The number of sulfonamides is 1. The number of nitrogens with one attached hydrogen (secondary N) is 1. The zero-order valence-corrected chi connectivity index (χ0v) is 13.8. The second-order valence-corrected chi connectivity index (χ2v) is 7.25. The minimum Gasteiger partial charge on any atom is -0.506 e. The van der Waals surface area contributed by atoms with E-state index in [9.17, 15) is 18.3 Å². The summed E-state index contributed by atoms with van der Waals surface area (Å²) in [5.74, 6) is -1.31. The van der Waals surface area contributed by atoms with E-state index in [1.165, 1.54) is 13.2 Å². The maximum absolute atomic E-state index is 12.6. The fourth-order valence-electron chi connectivity index (χ4n) is 2.46. The van der Waals surface area contributed by atoms with Crippen LogP contribution in [0.15, 0.2) is 47.5 Å². The van der Waals surface area contributed by atoms with E-state index < -0.39 is 26.6 Å². The van der Waals surface area contributed by atoms with Crippen molar-refractivity contribution in [1.29, 1.82) is 0 Å². The van der Waals surface area contributed by atoms with E-state index in [2.05, 4.69) is 10.3 Å². The highest BCUT2D eigenvalue weighted by Crippen LogP contribution is 2.37. The van der Waals surface area contributed by atoms with E-state index >= 15 is 0 Å². The van der Waals surface area contributed by atoms with Crippen molar-refractivity contribution >= 4 is 33.2 Å². The quantitative estimate of drug-likeness (QED) is 0.867. The molecule has 2 N–H and O–H groups in total. The van der Waals surface area contributed by atoms with Crippen LogP contribution >= 0.6 is 0 Å². The number of rotatable bonds is 2. The number of aryl methyl sites for hydroxylation is 1. The molecule has 0 saturated carbocycles. The van der Waals surface area contributed by atoms with Gasteiger partial charge in [-0.15, -0.1) is 0 Å². The van der Waals surface area contributed by atoms with Gasteiger partial charge in [0, 0.05) is 18.8 Å². The molecule has 0 spiro atoms. The van der Waals surface area contributed by atoms with Crippen LogP contribution < -0.4 is 9.62 Å². The molecule has 0 atom stereocenters. The van der Waals surface area contributed by atoms with Crippen LogP contribution in [0.1, 0.15) is 11.1 Å². The number of carbonyl (C=O) groups excluding carboxylic acids is 1. The molecule has 0 radical (unpaired) electrons. The predicted molar refractivity (Wildman–Crippen MR) is 90.9 cm³/mol. The van der Waals surface area contributed by atoms with Gasteiger partial charge in [-0.05, 0) is 36.8 Å². The van der Waals surface area contributed by atoms with Gasteiger partial charge in [-0.1, -0.05) is 12.1 Å². The molecule has 0 aliphatic carbocycles. The fraction of sp³-hybridized carbons (Fsp3) is 0.125. The molecular weight excluding hydrogens is 330 g/mol. The van der Waals surface area contributed by atoms with Crippen LogP contribution in [0.5, 0.6) is 0 Å². The highest BCUT2D eigenvalue weighted by atomic mass is 32.2. The Hall–Kier alpha value is -2.87. The minimum atomic E-state index is -4.17. The Morgan fingerprint density at radius 2 is 1.96 bits per heavy atom. The highest BCUT2D eigenvalue weighted by molar-refractivity contribution is 7.97. The lowest BCUT2D eigenvalue weighted by atomic mass is 10.1. The Morgan fingerprint density at radius 3 is 2.67 bits per heavy atom. The Morgan fingerprint density at radius 1 is 1.25 bits per heavy atom. The van der Waals surface area contributed by atoms with Gasteiger partial charge in [-0.2, -0.15) is 0 Å². The van der Waals surface area contributed by atoms with Crippen molar-refractivity contribution in [2.45, 2.75) is 6.92 Å². The molecule has 0 fully saturated rings. The van der Waals surface area contributed by atoms with Gasteiger partial charge in [-0.25, -0.2) is 13.4 Å². The van der Waals surface area contributed by atoms with Gasteiger partial charge >= 0.3 is 0 Å². The summed E-state index contributed by atoms with van der Waals surface area (Å²) in [4.78, 5) is 15.7. The molecule has 3 rings (SSSR count). The van der Waals surface area contributed by atoms with Gasteiger partial charge in [-0.3, -0.25) is 9.10 Å². The number of amides is 1. The van der Waals surface area contributed by atoms with Crippen molar-refractivity contribution in [3.63, 3.8) is 0 Å². The minimum absolute atomic E-state index is 0.206. The number of aromatic nitrogens is 1. The number of aliphatic hydroxyl groups excluding tert-OH is 1. The molecular formula is C16H15N3O4S. The third-order valence-corrected chi connectivity index (χ3v) is 5.51. The van der Waals surface area contributed by atoms with E-state index in [0.717, 1.165) is 9.87 Å². The first-order valence-electron chi connectivity index (χ1n) is 7.08. The van der Waals surface area contributed by atoms with Crippen molar-refractivity contribution in [1.82, 2.24) is 4.98 Å². The van der Waals surface area contributed by atoms with Gasteiger partial charge < -0.3 is 10.4 Å². The Bertz CT molecular complexity index is 967.